The summed E-state index contributed by atoms with van der Waals surface area (Å²) in [5, 5.41) is 21.3. The summed E-state index contributed by atoms with van der Waals surface area (Å²) in [6.45, 7) is 1.78. The molecule has 0 aliphatic carbocycles. The number of carboxylic acids is 1. The molecule has 2 heterocycles. The number of nitrogens with zero attached hydrogens (tertiary/aromatic N) is 2. The molecule has 0 aliphatic heterocycles. The number of thiophene rings is 1. The van der Waals surface area contributed by atoms with E-state index < -0.39 is 5.97 Å². The van der Waals surface area contributed by atoms with E-state index >= 15 is 0 Å². The van der Waals surface area contributed by atoms with E-state index in [-0.39, 0.29) is 11.6 Å². The van der Waals surface area contributed by atoms with Gasteiger partial charge in [-0.1, -0.05) is 0 Å². The van der Waals surface area contributed by atoms with Crippen molar-refractivity contribution in [3.63, 3.8) is 0 Å². The van der Waals surface area contributed by atoms with Gasteiger partial charge in [-0.15, -0.1) is 11.3 Å². The number of fused-ring (bicyclic) bond motifs is 1. The molecule has 0 unspecified atom stereocenters. The molecule has 1 aromatic carbocycles. The van der Waals surface area contributed by atoms with Crippen LogP contribution in [0.4, 0.5) is 0 Å². The van der Waals surface area contributed by atoms with Crippen LogP contribution in [0.1, 0.15) is 16.2 Å². The Bertz CT molecular complexity index is 826. The molecule has 5 nitrogen and oxygen atoms in total. The minimum Gasteiger partial charge on any atom is -0.508 e. The molecule has 0 amide bonds. The number of hydrogen-bond donors (Lipinski definition) is 2. The van der Waals surface area contributed by atoms with Crippen molar-refractivity contribution < 1.29 is 15.0 Å². The number of hydrogen-bond acceptors (Lipinski definition) is 5. The lowest BCUT2D eigenvalue weighted by Crippen LogP contribution is -2.04. The number of phenolic OH excluding ortho intramolecular Hbond substituents is 1. The van der Waals surface area contributed by atoms with Gasteiger partial charge in [0.25, 0.3) is 0 Å². The highest BCUT2D eigenvalue weighted by Crippen LogP contribution is 2.31. The largest absolute Gasteiger partial charge is 0.508 e. The van der Waals surface area contributed by atoms with Gasteiger partial charge in [-0.2, -0.15) is 0 Å². The van der Waals surface area contributed by atoms with Gasteiger partial charge in [0.15, 0.2) is 0 Å². The summed E-state index contributed by atoms with van der Waals surface area (Å²) in [7, 11) is 0. The van der Waals surface area contributed by atoms with Crippen LogP contribution in [0.2, 0.25) is 0 Å². The monoisotopic (exact) mass is 286 g/mol. The molecule has 3 rings (SSSR count). The number of aromatic hydroxyl groups is 1. The molecule has 20 heavy (non-hydrogen) atoms. The molecule has 0 saturated carbocycles. The van der Waals surface area contributed by atoms with Gasteiger partial charge in [0.2, 0.25) is 5.82 Å². The number of aryl methyl sites for hydroxylation is 1. The fourth-order valence-corrected chi connectivity index (χ4v) is 2.74. The van der Waals surface area contributed by atoms with E-state index in [1.54, 1.807) is 25.1 Å². The molecular weight excluding hydrogens is 276 g/mol. The van der Waals surface area contributed by atoms with Crippen LogP contribution in [-0.2, 0) is 0 Å². The van der Waals surface area contributed by atoms with Crippen molar-refractivity contribution in [1.29, 1.82) is 0 Å². The Morgan fingerprint density at radius 2 is 2.05 bits per heavy atom. The van der Waals surface area contributed by atoms with Gasteiger partial charge in [0.05, 0.1) is 5.69 Å². The fourth-order valence-electron chi connectivity index (χ4n) is 1.97. The molecule has 0 spiro atoms. The number of rotatable bonds is 2. The van der Waals surface area contributed by atoms with Gasteiger partial charge in [-0.05, 0) is 42.1 Å². The molecule has 0 radical (unpaired) electrons. The lowest BCUT2D eigenvalue weighted by Gasteiger charge is -2.06. The molecule has 2 N–H and O–H groups in total. The third kappa shape index (κ3) is 2.00. The zero-order chi connectivity index (χ0) is 14.3. The quantitative estimate of drug-likeness (QED) is 0.756. The minimum atomic E-state index is -1.16. The van der Waals surface area contributed by atoms with E-state index in [2.05, 4.69) is 9.97 Å². The van der Waals surface area contributed by atoms with Gasteiger partial charge in [0.1, 0.15) is 10.6 Å². The molecular formula is C14H10N2O3S. The summed E-state index contributed by atoms with van der Waals surface area (Å²) in [6, 6.07) is 6.93. The van der Waals surface area contributed by atoms with E-state index in [0.29, 0.717) is 16.1 Å². The van der Waals surface area contributed by atoms with Crippen LogP contribution in [0.3, 0.4) is 0 Å². The average molecular weight is 286 g/mol. The Hall–Kier alpha value is -2.47. The zero-order valence-corrected chi connectivity index (χ0v) is 11.3. The third-order valence-corrected chi connectivity index (χ3v) is 3.79. The first-order valence-corrected chi connectivity index (χ1v) is 6.73. The van der Waals surface area contributed by atoms with Crippen molar-refractivity contribution in [3.05, 3.63) is 41.0 Å². The third-order valence-electron chi connectivity index (χ3n) is 2.99. The van der Waals surface area contributed by atoms with Crippen molar-refractivity contribution >= 4 is 27.5 Å². The van der Waals surface area contributed by atoms with Crippen LogP contribution in [-0.4, -0.2) is 26.2 Å². The Balaban J connectivity index is 2.30. The van der Waals surface area contributed by atoms with Crippen LogP contribution < -0.4 is 0 Å². The van der Waals surface area contributed by atoms with Crippen LogP contribution in [0.15, 0.2) is 29.6 Å². The smallest absolute Gasteiger partial charge is 0.374 e. The van der Waals surface area contributed by atoms with E-state index in [1.165, 1.54) is 11.3 Å². The predicted octanol–water partition coefficient (Wildman–Crippen LogP) is 3.07. The molecule has 2 aromatic heterocycles. The minimum absolute atomic E-state index is 0.197. The number of aromatic carboxylic acids is 1. The number of aromatic nitrogens is 2. The maximum atomic E-state index is 11.1. The normalized spacial score (nSPS) is 10.8. The second-order valence-electron chi connectivity index (χ2n) is 4.34. The summed E-state index contributed by atoms with van der Waals surface area (Å²) in [5.41, 5.74) is 2.03. The van der Waals surface area contributed by atoms with Gasteiger partial charge in [0, 0.05) is 10.9 Å². The first kappa shape index (κ1) is 12.6. The summed E-state index contributed by atoms with van der Waals surface area (Å²) in [6.07, 6.45) is 0. The lowest BCUT2D eigenvalue weighted by atomic mass is 10.1. The molecule has 3 aromatic rings. The van der Waals surface area contributed by atoms with Crippen LogP contribution in [0, 0.1) is 6.92 Å². The fraction of sp³-hybridized carbons (Fsp3) is 0.0714. The summed E-state index contributed by atoms with van der Waals surface area (Å²) >= 11 is 1.37. The highest BCUT2D eigenvalue weighted by molar-refractivity contribution is 7.16. The van der Waals surface area contributed by atoms with Crippen LogP contribution in [0.5, 0.6) is 5.75 Å². The summed E-state index contributed by atoms with van der Waals surface area (Å²) < 4.78 is 0. The SMILES string of the molecule is Cc1cc(-c2nc(C(=O)O)nc3sccc23)ccc1O. The van der Waals surface area contributed by atoms with Gasteiger partial charge >= 0.3 is 5.97 Å². The predicted molar refractivity (Wildman–Crippen MR) is 76.2 cm³/mol. The van der Waals surface area contributed by atoms with Gasteiger partial charge < -0.3 is 10.2 Å². The van der Waals surface area contributed by atoms with Crippen molar-refractivity contribution in [2.24, 2.45) is 0 Å². The maximum Gasteiger partial charge on any atom is 0.374 e. The number of phenols is 1. The molecule has 100 valence electrons. The van der Waals surface area contributed by atoms with Crippen molar-refractivity contribution in [2.45, 2.75) is 6.92 Å². The molecule has 0 aliphatic rings. The molecule has 0 saturated heterocycles. The van der Waals surface area contributed by atoms with Crippen molar-refractivity contribution in [3.8, 4) is 17.0 Å². The second-order valence-corrected chi connectivity index (χ2v) is 5.24. The molecule has 0 bridgehead atoms. The van der Waals surface area contributed by atoms with Crippen LogP contribution in [0.25, 0.3) is 21.5 Å². The van der Waals surface area contributed by atoms with Gasteiger partial charge in [-0.25, -0.2) is 14.8 Å². The van der Waals surface area contributed by atoms with E-state index in [1.807, 2.05) is 11.4 Å². The maximum absolute atomic E-state index is 11.1. The topological polar surface area (TPSA) is 83.3 Å². The molecule has 6 heteroatoms. The standard InChI is InChI=1S/C14H10N2O3S/c1-7-6-8(2-3-10(7)17)11-9-4-5-20-13(9)16-12(15-11)14(18)19/h2-6,17H,1H3,(H,18,19). The number of carboxylic acid groups (broad SMARTS) is 1. The van der Waals surface area contributed by atoms with E-state index in [9.17, 15) is 9.90 Å². The number of benzene rings is 1. The second kappa shape index (κ2) is 4.57. The summed E-state index contributed by atoms with van der Waals surface area (Å²) in [4.78, 5) is 19.9. The highest BCUT2D eigenvalue weighted by Gasteiger charge is 2.15. The summed E-state index contributed by atoms with van der Waals surface area (Å²) in [5.74, 6) is -1.18. The van der Waals surface area contributed by atoms with Crippen molar-refractivity contribution in [2.75, 3.05) is 0 Å². The lowest BCUT2D eigenvalue weighted by molar-refractivity contribution is 0.0684. The molecule has 0 fully saturated rings. The Labute approximate surface area is 118 Å². The first-order chi connectivity index (χ1) is 9.56. The average Bonchev–Trinajstić information content (AvgIpc) is 2.89. The first-order valence-electron chi connectivity index (χ1n) is 5.85. The Kier molecular flexibility index (Phi) is 2.87. The van der Waals surface area contributed by atoms with Crippen LogP contribution >= 0.6 is 11.3 Å². The van der Waals surface area contributed by atoms with Gasteiger partial charge in [-0.3, -0.25) is 0 Å². The molecule has 0 atom stereocenters. The Morgan fingerprint density at radius 1 is 1.25 bits per heavy atom. The number of carbonyl (C=O) groups is 1. The Morgan fingerprint density at radius 3 is 2.75 bits per heavy atom. The van der Waals surface area contributed by atoms with E-state index in [4.69, 9.17) is 5.11 Å². The zero-order valence-electron chi connectivity index (χ0n) is 10.5. The van der Waals surface area contributed by atoms with E-state index in [0.717, 1.165) is 10.9 Å². The highest BCUT2D eigenvalue weighted by atomic mass is 32.1. The van der Waals surface area contributed by atoms with Crippen molar-refractivity contribution in [1.82, 2.24) is 9.97 Å².